The summed E-state index contributed by atoms with van der Waals surface area (Å²) in [6.45, 7) is 4.81. The summed E-state index contributed by atoms with van der Waals surface area (Å²) >= 11 is 0. The molecule has 2 heterocycles. The fourth-order valence-electron chi connectivity index (χ4n) is 3.18. The Labute approximate surface area is 136 Å². The van der Waals surface area contributed by atoms with Crippen LogP contribution in [0, 0.1) is 19.8 Å². The van der Waals surface area contributed by atoms with Gasteiger partial charge < -0.3 is 15.0 Å². The number of methoxy groups -OCH3 is 1. The minimum Gasteiger partial charge on any atom is -0.481 e. The molecule has 1 aromatic rings. The molecule has 1 unspecified atom stereocenters. The van der Waals surface area contributed by atoms with Crippen LogP contribution in [-0.4, -0.2) is 41.4 Å². The number of nitrogens with zero attached hydrogens (tertiary/aromatic N) is 2. The number of rotatable bonds is 5. The quantitative estimate of drug-likeness (QED) is 0.889. The lowest BCUT2D eigenvalue weighted by Gasteiger charge is -2.16. The number of nitrogens with one attached hydrogen (secondary N) is 1. The zero-order valence-electron chi connectivity index (χ0n) is 13.9. The predicted octanol–water partition coefficient (Wildman–Crippen LogP) is 1.33. The number of carbonyl (C=O) groups excluding carboxylic acids is 2. The molecule has 1 saturated carbocycles. The van der Waals surface area contributed by atoms with Crippen LogP contribution >= 0.6 is 0 Å². The Hall–Kier alpha value is -2.11. The van der Waals surface area contributed by atoms with Crippen molar-refractivity contribution in [2.45, 2.75) is 45.7 Å². The molecule has 2 amide bonds. The molecule has 1 saturated heterocycles. The number of hydrogen-bond donors (Lipinski definition) is 1. The highest BCUT2D eigenvalue weighted by Gasteiger charge is 2.41. The summed E-state index contributed by atoms with van der Waals surface area (Å²) in [5, 5.41) is 2.94. The van der Waals surface area contributed by atoms with E-state index in [0.29, 0.717) is 31.4 Å². The summed E-state index contributed by atoms with van der Waals surface area (Å²) in [6, 6.07) is 2.35. The van der Waals surface area contributed by atoms with Crippen molar-refractivity contribution in [3.63, 3.8) is 0 Å². The van der Waals surface area contributed by atoms with E-state index in [9.17, 15) is 9.59 Å². The highest BCUT2D eigenvalue weighted by atomic mass is 16.5. The molecular weight excluding hydrogens is 294 g/mol. The molecule has 6 nitrogen and oxygen atoms in total. The van der Waals surface area contributed by atoms with Gasteiger partial charge in [-0.1, -0.05) is 0 Å². The van der Waals surface area contributed by atoms with Gasteiger partial charge in [0.15, 0.2) is 0 Å². The second-order valence-corrected chi connectivity index (χ2v) is 6.46. The van der Waals surface area contributed by atoms with Crippen LogP contribution in [0.5, 0.6) is 5.88 Å². The van der Waals surface area contributed by atoms with Crippen molar-refractivity contribution in [2.24, 2.45) is 5.92 Å². The highest BCUT2D eigenvalue weighted by molar-refractivity contribution is 5.89. The molecule has 1 atom stereocenters. The first kappa shape index (κ1) is 15.8. The Morgan fingerprint density at radius 3 is 2.83 bits per heavy atom. The van der Waals surface area contributed by atoms with Crippen molar-refractivity contribution in [2.75, 3.05) is 13.7 Å². The number of hydrogen-bond acceptors (Lipinski definition) is 4. The van der Waals surface area contributed by atoms with Gasteiger partial charge in [-0.3, -0.25) is 9.59 Å². The summed E-state index contributed by atoms with van der Waals surface area (Å²) < 4.78 is 5.31. The first-order valence-electron chi connectivity index (χ1n) is 8.08. The van der Waals surface area contributed by atoms with Gasteiger partial charge in [0, 0.05) is 36.8 Å². The van der Waals surface area contributed by atoms with Crippen molar-refractivity contribution in [3.05, 3.63) is 22.9 Å². The minimum absolute atomic E-state index is 0.0662. The lowest BCUT2D eigenvalue weighted by Crippen LogP contribution is -2.33. The van der Waals surface area contributed by atoms with Gasteiger partial charge in [0.25, 0.3) is 0 Å². The molecule has 3 rings (SSSR count). The maximum atomic E-state index is 12.4. The molecule has 0 spiro atoms. The normalized spacial score (nSPS) is 20.7. The van der Waals surface area contributed by atoms with Crippen molar-refractivity contribution in [1.82, 2.24) is 15.2 Å². The standard InChI is InChI=1S/C17H23N3O3/c1-10-6-11(2)19-17(23-3)14(10)8-18-16(22)12-7-15(21)20(9-12)13-4-5-13/h6,12-13H,4-5,7-9H2,1-3H3,(H,18,22). The highest BCUT2D eigenvalue weighted by Crippen LogP contribution is 2.32. The lowest BCUT2D eigenvalue weighted by molar-refractivity contribution is -0.129. The Kier molecular flexibility index (Phi) is 4.24. The molecule has 124 valence electrons. The van der Waals surface area contributed by atoms with Crippen LogP contribution < -0.4 is 10.1 Å². The first-order valence-corrected chi connectivity index (χ1v) is 8.08. The zero-order chi connectivity index (χ0) is 16.6. The van der Waals surface area contributed by atoms with E-state index in [1.165, 1.54) is 0 Å². The summed E-state index contributed by atoms with van der Waals surface area (Å²) in [4.78, 5) is 30.5. The summed E-state index contributed by atoms with van der Waals surface area (Å²) in [7, 11) is 1.58. The second kappa shape index (κ2) is 6.18. The Morgan fingerprint density at radius 1 is 1.43 bits per heavy atom. The van der Waals surface area contributed by atoms with E-state index in [0.717, 1.165) is 29.7 Å². The Bertz CT molecular complexity index is 640. The maximum absolute atomic E-state index is 12.4. The van der Waals surface area contributed by atoms with Crippen molar-refractivity contribution < 1.29 is 14.3 Å². The van der Waals surface area contributed by atoms with Crippen LogP contribution in [0.15, 0.2) is 6.07 Å². The molecule has 6 heteroatoms. The molecule has 1 aromatic heterocycles. The van der Waals surface area contributed by atoms with Gasteiger partial charge in [-0.05, 0) is 38.3 Å². The smallest absolute Gasteiger partial charge is 0.225 e. The monoisotopic (exact) mass is 317 g/mol. The molecule has 1 N–H and O–H groups in total. The van der Waals surface area contributed by atoms with Crippen LogP contribution in [0.4, 0.5) is 0 Å². The van der Waals surface area contributed by atoms with Crippen LogP contribution in [0.3, 0.4) is 0 Å². The van der Waals surface area contributed by atoms with Gasteiger partial charge in [0.1, 0.15) is 0 Å². The van der Waals surface area contributed by atoms with Crippen LogP contribution in [0.2, 0.25) is 0 Å². The number of amides is 2. The average molecular weight is 317 g/mol. The molecule has 0 radical (unpaired) electrons. The second-order valence-electron chi connectivity index (χ2n) is 6.46. The Balaban J connectivity index is 1.62. The average Bonchev–Trinajstić information content (AvgIpc) is 3.27. The number of aryl methyl sites for hydroxylation is 2. The summed E-state index contributed by atoms with van der Waals surface area (Å²) in [5.41, 5.74) is 2.81. The van der Waals surface area contributed by atoms with Crippen LogP contribution in [0.1, 0.15) is 36.1 Å². The van der Waals surface area contributed by atoms with Crippen LogP contribution in [0.25, 0.3) is 0 Å². The summed E-state index contributed by atoms with van der Waals surface area (Å²) in [5.74, 6) is 0.347. The molecule has 2 fully saturated rings. The van der Waals surface area contributed by atoms with E-state index in [-0.39, 0.29) is 17.7 Å². The first-order chi connectivity index (χ1) is 11.0. The molecule has 23 heavy (non-hydrogen) atoms. The topological polar surface area (TPSA) is 71.5 Å². The van der Waals surface area contributed by atoms with Crippen molar-refractivity contribution >= 4 is 11.8 Å². The molecule has 1 aliphatic heterocycles. The van der Waals surface area contributed by atoms with Crippen molar-refractivity contribution in [1.29, 1.82) is 0 Å². The third-order valence-electron chi connectivity index (χ3n) is 4.59. The van der Waals surface area contributed by atoms with E-state index >= 15 is 0 Å². The maximum Gasteiger partial charge on any atom is 0.225 e. The van der Waals surface area contributed by atoms with Gasteiger partial charge in [0.05, 0.1) is 13.0 Å². The van der Waals surface area contributed by atoms with Gasteiger partial charge in [-0.2, -0.15) is 0 Å². The minimum atomic E-state index is -0.243. The Morgan fingerprint density at radius 2 is 2.17 bits per heavy atom. The van der Waals surface area contributed by atoms with E-state index in [2.05, 4.69) is 10.3 Å². The van der Waals surface area contributed by atoms with Gasteiger partial charge in [-0.15, -0.1) is 0 Å². The number of carbonyl (C=O) groups is 2. The van der Waals surface area contributed by atoms with Crippen molar-refractivity contribution in [3.8, 4) is 5.88 Å². The molecule has 2 aliphatic rings. The van der Waals surface area contributed by atoms with E-state index < -0.39 is 0 Å². The third kappa shape index (κ3) is 3.30. The third-order valence-corrected chi connectivity index (χ3v) is 4.59. The zero-order valence-corrected chi connectivity index (χ0v) is 13.9. The fraction of sp³-hybridized carbons (Fsp3) is 0.588. The number of pyridine rings is 1. The van der Waals surface area contributed by atoms with Crippen LogP contribution in [-0.2, 0) is 16.1 Å². The summed E-state index contributed by atoms with van der Waals surface area (Å²) in [6.07, 6.45) is 2.47. The van der Waals surface area contributed by atoms with Gasteiger partial charge in [-0.25, -0.2) is 4.98 Å². The molecular formula is C17H23N3O3. The largest absolute Gasteiger partial charge is 0.481 e. The number of aromatic nitrogens is 1. The number of likely N-dealkylation sites (tertiary alicyclic amines) is 1. The lowest BCUT2D eigenvalue weighted by atomic mass is 10.1. The number of ether oxygens (including phenoxy) is 1. The van der Waals surface area contributed by atoms with E-state index in [4.69, 9.17) is 4.74 Å². The molecule has 0 bridgehead atoms. The fourth-order valence-corrected chi connectivity index (χ4v) is 3.18. The molecule has 0 aromatic carbocycles. The van der Waals surface area contributed by atoms with Gasteiger partial charge in [0.2, 0.25) is 17.7 Å². The van der Waals surface area contributed by atoms with Gasteiger partial charge >= 0.3 is 0 Å². The predicted molar refractivity (Wildman–Crippen MR) is 85.0 cm³/mol. The SMILES string of the molecule is COc1nc(C)cc(C)c1CNC(=O)C1CC(=O)N(C2CC2)C1. The van der Waals surface area contributed by atoms with E-state index in [1.54, 1.807) is 7.11 Å². The van der Waals surface area contributed by atoms with E-state index in [1.807, 2.05) is 24.8 Å². The molecule has 1 aliphatic carbocycles.